The summed E-state index contributed by atoms with van der Waals surface area (Å²) in [5.41, 5.74) is 10.3. The number of fused-ring (bicyclic) bond motifs is 2. The van der Waals surface area contributed by atoms with Crippen molar-refractivity contribution in [1.82, 2.24) is 0 Å². The van der Waals surface area contributed by atoms with Gasteiger partial charge in [-0.2, -0.15) is 12.1 Å². The Labute approximate surface area is 315 Å². The van der Waals surface area contributed by atoms with Gasteiger partial charge in [-0.25, -0.2) is 0 Å². The van der Waals surface area contributed by atoms with Crippen molar-refractivity contribution in [1.29, 1.82) is 0 Å². The van der Waals surface area contributed by atoms with E-state index in [9.17, 15) is 10.2 Å². The molecule has 50 heavy (non-hydrogen) atoms. The topological polar surface area (TPSA) is 52.6 Å². The number of allylic oxidation sites excluding steroid dienone is 2. The SMILES string of the molecule is C=C(C)[O-].C=C(C)[O-].C[C](C)=[Zr+2].Cc1cc2c(-c3ccc(N(C)C)cc3)cccc2[cH-]1.Cc1cc2c(-c3ccc(N(C)C)cc3)cccc2[cH-]1. The van der Waals surface area contributed by atoms with Gasteiger partial charge in [0.2, 0.25) is 0 Å². The summed E-state index contributed by atoms with van der Waals surface area (Å²) in [6, 6.07) is 39.5. The standard InChI is InChI=1S/2C18H18N.2C3H6O.C3H6.Zr/c2*1-13-11-15-5-4-6-17(18(15)12-13)14-7-9-16(10-8-14)19(2)3;2*1-3(2)4;1-3-2;/h2*4-12H,1-3H3;2*4H,1H2,2H3;1-2H3;/q2*-1;;;;+2/p-2. The minimum absolute atomic E-state index is 0.0833. The maximum absolute atomic E-state index is 9.33. The molecule has 6 aromatic carbocycles. The van der Waals surface area contributed by atoms with Crippen LogP contribution in [0.4, 0.5) is 11.4 Å². The first-order chi connectivity index (χ1) is 23.5. The number of aryl methyl sites for hydroxylation is 2. The summed E-state index contributed by atoms with van der Waals surface area (Å²) < 4.78 is 1.51. The van der Waals surface area contributed by atoms with E-state index in [0.29, 0.717) is 0 Å². The van der Waals surface area contributed by atoms with Gasteiger partial charge in [0.1, 0.15) is 0 Å². The molecule has 0 saturated carbocycles. The third-order valence-electron chi connectivity index (χ3n) is 7.18. The molecule has 0 aliphatic heterocycles. The molecular formula is C45H52N2O2Zr-2. The normalized spacial score (nSPS) is 9.84. The second-order valence-electron chi connectivity index (χ2n) is 13.0. The van der Waals surface area contributed by atoms with Gasteiger partial charge in [0, 0.05) is 39.6 Å². The van der Waals surface area contributed by atoms with Crippen molar-refractivity contribution < 1.29 is 34.4 Å². The average molecular weight is 744 g/mol. The van der Waals surface area contributed by atoms with Gasteiger partial charge in [-0.05, 0) is 35.4 Å². The Morgan fingerprint density at radius 1 is 0.560 bits per heavy atom. The van der Waals surface area contributed by atoms with Gasteiger partial charge in [-0.15, -0.1) is 93.7 Å². The van der Waals surface area contributed by atoms with Crippen LogP contribution >= 0.6 is 0 Å². The van der Waals surface area contributed by atoms with E-state index in [0.717, 1.165) is 0 Å². The van der Waals surface area contributed by atoms with Crippen molar-refractivity contribution in [3.8, 4) is 22.3 Å². The summed E-state index contributed by atoms with van der Waals surface area (Å²) in [5.74, 6) is -0.167. The van der Waals surface area contributed by atoms with Crippen molar-refractivity contribution in [3.63, 3.8) is 0 Å². The van der Waals surface area contributed by atoms with E-state index < -0.39 is 0 Å². The molecule has 0 amide bonds. The third-order valence-corrected chi connectivity index (χ3v) is 7.18. The van der Waals surface area contributed by atoms with E-state index in [1.807, 2.05) is 0 Å². The molecule has 0 bridgehead atoms. The minimum atomic E-state index is -0.0833. The van der Waals surface area contributed by atoms with Crippen molar-refractivity contribution in [2.75, 3.05) is 38.0 Å². The monoisotopic (exact) mass is 742 g/mol. The second kappa shape index (κ2) is 20.3. The Balaban J connectivity index is 0.000000264. The Morgan fingerprint density at radius 2 is 0.840 bits per heavy atom. The van der Waals surface area contributed by atoms with Crippen LogP contribution in [-0.2, 0) is 24.2 Å². The summed E-state index contributed by atoms with van der Waals surface area (Å²) >= 11 is 1.55. The molecule has 0 saturated heterocycles. The molecule has 0 N–H and O–H groups in total. The number of nitrogens with zero attached hydrogens (tertiary/aromatic N) is 2. The van der Waals surface area contributed by atoms with Crippen molar-refractivity contribution >= 4 is 36.1 Å². The molecule has 6 rings (SSSR count). The Morgan fingerprint density at radius 3 is 1.10 bits per heavy atom. The Kier molecular flexibility index (Phi) is 16.9. The zero-order valence-electron chi connectivity index (χ0n) is 31.5. The van der Waals surface area contributed by atoms with Crippen LogP contribution in [0.2, 0.25) is 0 Å². The van der Waals surface area contributed by atoms with Crippen LogP contribution in [0, 0.1) is 13.8 Å². The van der Waals surface area contributed by atoms with E-state index in [-0.39, 0.29) is 11.5 Å². The fourth-order valence-electron chi connectivity index (χ4n) is 5.15. The van der Waals surface area contributed by atoms with Crippen LogP contribution in [0.3, 0.4) is 0 Å². The molecular weight excluding hydrogens is 692 g/mol. The van der Waals surface area contributed by atoms with Crippen LogP contribution in [0.25, 0.3) is 43.8 Å². The van der Waals surface area contributed by atoms with Crippen LogP contribution < -0.4 is 20.0 Å². The summed E-state index contributed by atoms with van der Waals surface area (Å²) in [6.07, 6.45) is 0. The molecule has 0 spiro atoms. The summed E-state index contributed by atoms with van der Waals surface area (Å²) in [5, 5.41) is 24.0. The van der Waals surface area contributed by atoms with Gasteiger partial charge in [-0.1, -0.05) is 75.2 Å². The molecule has 0 unspecified atom stereocenters. The van der Waals surface area contributed by atoms with Crippen LogP contribution in [0.5, 0.6) is 0 Å². The van der Waals surface area contributed by atoms with Gasteiger partial charge in [0.25, 0.3) is 0 Å². The first-order valence-electron chi connectivity index (χ1n) is 16.5. The number of hydrogen-bond donors (Lipinski definition) is 0. The number of hydrogen-bond acceptors (Lipinski definition) is 4. The van der Waals surface area contributed by atoms with Gasteiger partial charge >= 0.3 is 41.3 Å². The van der Waals surface area contributed by atoms with E-state index in [4.69, 9.17) is 0 Å². The van der Waals surface area contributed by atoms with Crippen LogP contribution in [-0.4, -0.2) is 31.4 Å². The molecule has 0 fully saturated rings. The molecule has 260 valence electrons. The minimum Gasteiger partial charge on any atom is -0.378 e. The fraction of sp³-hybridized carbons (Fsp3) is 0.222. The first kappa shape index (κ1) is 41.7. The molecule has 0 aromatic heterocycles. The molecule has 5 heteroatoms. The zero-order chi connectivity index (χ0) is 37.5. The largest absolute Gasteiger partial charge is 0.378 e. The van der Waals surface area contributed by atoms with Crippen molar-refractivity contribution in [2.45, 2.75) is 41.5 Å². The van der Waals surface area contributed by atoms with Gasteiger partial charge in [-0.3, -0.25) is 0 Å². The predicted molar refractivity (Wildman–Crippen MR) is 214 cm³/mol. The number of benzene rings is 4. The smallest absolute Gasteiger partial charge is 0.0361 e. The Bertz CT molecular complexity index is 1810. The zero-order valence-corrected chi connectivity index (χ0v) is 34.0. The first-order valence-corrected chi connectivity index (χ1v) is 17.8. The summed E-state index contributed by atoms with van der Waals surface area (Å²) in [6.45, 7) is 17.4. The van der Waals surface area contributed by atoms with Crippen molar-refractivity contribution in [3.05, 3.63) is 145 Å². The fourth-order valence-corrected chi connectivity index (χ4v) is 5.15. The number of rotatable bonds is 4. The molecule has 0 radical (unpaired) electrons. The molecule has 0 heterocycles. The van der Waals surface area contributed by atoms with Crippen LogP contribution in [0.15, 0.2) is 134 Å². The molecule has 6 aromatic rings. The molecule has 0 aliphatic rings. The second-order valence-corrected chi connectivity index (χ2v) is 15.4. The van der Waals surface area contributed by atoms with Crippen molar-refractivity contribution in [2.24, 2.45) is 0 Å². The van der Waals surface area contributed by atoms with E-state index in [1.54, 1.807) is 24.2 Å². The molecule has 0 aliphatic carbocycles. The van der Waals surface area contributed by atoms with Gasteiger partial charge in [0.05, 0.1) is 0 Å². The predicted octanol–water partition coefficient (Wildman–Crippen LogP) is 9.71. The van der Waals surface area contributed by atoms with Gasteiger partial charge in [0.15, 0.2) is 0 Å². The van der Waals surface area contributed by atoms with Crippen LogP contribution in [0.1, 0.15) is 38.8 Å². The third kappa shape index (κ3) is 13.8. The Hall–Kier alpha value is -4.47. The quantitative estimate of drug-likeness (QED) is 0.133. The molecule has 4 nitrogen and oxygen atoms in total. The summed E-state index contributed by atoms with van der Waals surface area (Å²) in [7, 11) is 8.26. The number of anilines is 2. The van der Waals surface area contributed by atoms with E-state index >= 15 is 0 Å². The maximum Gasteiger partial charge on any atom is 0.0361 e. The molecule has 0 atom stereocenters. The maximum atomic E-state index is 9.33. The van der Waals surface area contributed by atoms with E-state index in [2.05, 4.69) is 188 Å². The van der Waals surface area contributed by atoms with Gasteiger partial charge < -0.3 is 20.0 Å². The summed E-state index contributed by atoms with van der Waals surface area (Å²) in [4.78, 5) is 4.24. The van der Waals surface area contributed by atoms with E-state index in [1.165, 1.54) is 83.4 Å². The average Bonchev–Trinajstić information content (AvgIpc) is 3.61.